The second-order valence-electron chi connectivity index (χ2n) is 5.01. The van der Waals surface area contributed by atoms with Crippen LogP contribution in [-0.4, -0.2) is 18.4 Å². The van der Waals surface area contributed by atoms with Crippen LogP contribution < -0.4 is 10.6 Å². The topological polar surface area (TPSA) is 58.2 Å². The fourth-order valence-corrected chi connectivity index (χ4v) is 2.10. The van der Waals surface area contributed by atoms with Crippen LogP contribution in [0.3, 0.4) is 0 Å². The third-order valence-corrected chi connectivity index (χ3v) is 3.19. The van der Waals surface area contributed by atoms with Crippen molar-refractivity contribution in [3.8, 4) is 0 Å². The average molecular weight is 296 g/mol. The monoisotopic (exact) mass is 296 g/mol. The molecule has 0 unspecified atom stereocenters. The van der Waals surface area contributed by atoms with E-state index >= 15 is 0 Å². The van der Waals surface area contributed by atoms with Crippen LogP contribution in [0.25, 0.3) is 0 Å². The van der Waals surface area contributed by atoms with Crippen molar-refractivity contribution in [1.29, 1.82) is 0 Å². The zero-order chi connectivity index (χ0) is 15.8. The predicted octanol–water partition coefficient (Wildman–Crippen LogP) is 3.01. The van der Waals surface area contributed by atoms with Crippen LogP contribution in [0, 0.1) is 0 Å². The van der Waals surface area contributed by atoms with E-state index < -0.39 is 0 Å². The van der Waals surface area contributed by atoms with Crippen molar-refractivity contribution < 1.29 is 9.59 Å². The molecule has 0 saturated heterocycles. The van der Waals surface area contributed by atoms with Gasteiger partial charge in [0, 0.05) is 6.54 Å². The Bertz CT molecular complexity index is 639. The summed E-state index contributed by atoms with van der Waals surface area (Å²) in [4.78, 5) is 24.2. The highest BCUT2D eigenvalue weighted by molar-refractivity contribution is 6.04. The zero-order valence-electron chi connectivity index (χ0n) is 12.6. The molecule has 0 fully saturated rings. The normalized spacial score (nSPS) is 10.0. The number of nitrogens with one attached hydrogen (secondary N) is 2. The minimum Gasteiger partial charge on any atom is -0.352 e. The van der Waals surface area contributed by atoms with Gasteiger partial charge in [0.1, 0.15) is 0 Å². The molecular formula is C18H20N2O2. The maximum absolute atomic E-state index is 12.1. The van der Waals surface area contributed by atoms with Gasteiger partial charge in [0.2, 0.25) is 5.91 Å². The summed E-state index contributed by atoms with van der Waals surface area (Å²) in [5, 5.41) is 5.64. The molecule has 2 rings (SSSR count). The van der Waals surface area contributed by atoms with E-state index in [-0.39, 0.29) is 18.2 Å². The van der Waals surface area contributed by atoms with E-state index in [0.29, 0.717) is 17.8 Å². The summed E-state index contributed by atoms with van der Waals surface area (Å²) in [6, 6.07) is 16.5. The lowest BCUT2D eigenvalue weighted by Crippen LogP contribution is -2.26. The Balaban J connectivity index is 2.06. The van der Waals surface area contributed by atoms with Crippen molar-refractivity contribution in [2.45, 2.75) is 19.8 Å². The molecule has 0 radical (unpaired) electrons. The van der Waals surface area contributed by atoms with E-state index in [1.54, 1.807) is 24.3 Å². The molecule has 0 saturated carbocycles. The Hall–Kier alpha value is -2.62. The lowest BCUT2D eigenvalue weighted by molar-refractivity contribution is -0.115. The lowest BCUT2D eigenvalue weighted by atomic mass is 10.1. The van der Waals surface area contributed by atoms with E-state index in [1.165, 1.54) is 0 Å². The number of carbonyl (C=O) groups is 2. The number of hydrogen-bond acceptors (Lipinski definition) is 2. The fraction of sp³-hybridized carbons (Fsp3) is 0.222. The SMILES string of the molecule is CCCNC(=O)c1ccccc1NC(=O)Cc1ccccc1. The van der Waals surface area contributed by atoms with Gasteiger partial charge >= 0.3 is 0 Å². The summed E-state index contributed by atoms with van der Waals surface area (Å²) in [7, 11) is 0. The molecule has 114 valence electrons. The molecule has 2 amide bonds. The van der Waals surface area contributed by atoms with E-state index in [2.05, 4.69) is 10.6 Å². The van der Waals surface area contributed by atoms with Crippen molar-refractivity contribution in [2.24, 2.45) is 0 Å². The number of amides is 2. The van der Waals surface area contributed by atoms with Crippen molar-refractivity contribution >= 4 is 17.5 Å². The number of hydrogen-bond donors (Lipinski definition) is 2. The van der Waals surface area contributed by atoms with Crippen LogP contribution in [-0.2, 0) is 11.2 Å². The molecule has 0 heterocycles. The van der Waals surface area contributed by atoms with Gasteiger partial charge in [-0.2, -0.15) is 0 Å². The van der Waals surface area contributed by atoms with Gasteiger partial charge in [0.05, 0.1) is 17.7 Å². The molecule has 0 aliphatic rings. The van der Waals surface area contributed by atoms with Crippen molar-refractivity contribution in [3.05, 3.63) is 65.7 Å². The second kappa shape index (κ2) is 7.98. The average Bonchev–Trinajstić information content (AvgIpc) is 2.54. The summed E-state index contributed by atoms with van der Waals surface area (Å²) >= 11 is 0. The summed E-state index contributed by atoms with van der Waals surface area (Å²) in [5.41, 5.74) is 1.96. The van der Waals surface area contributed by atoms with Gasteiger partial charge in [-0.15, -0.1) is 0 Å². The molecular weight excluding hydrogens is 276 g/mol. The Morgan fingerprint density at radius 2 is 1.64 bits per heavy atom. The Morgan fingerprint density at radius 1 is 0.955 bits per heavy atom. The van der Waals surface area contributed by atoms with Crippen molar-refractivity contribution in [2.75, 3.05) is 11.9 Å². The molecule has 4 nitrogen and oxygen atoms in total. The zero-order valence-corrected chi connectivity index (χ0v) is 12.6. The van der Waals surface area contributed by atoms with Crippen LogP contribution in [0.1, 0.15) is 29.3 Å². The van der Waals surface area contributed by atoms with Gasteiger partial charge in [-0.25, -0.2) is 0 Å². The second-order valence-corrected chi connectivity index (χ2v) is 5.01. The van der Waals surface area contributed by atoms with Gasteiger partial charge < -0.3 is 10.6 Å². The number of benzene rings is 2. The molecule has 0 spiro atoms. The minimum absolute atomic E-state index is 0.137. The largest absolute Gasteiger partial charge is 0.352 e. The molecule has 4 heteroatoms. The van der Waals surface area contributed by atoms with Gasteiger partial charge in [0.25, 0.3) is 5.91 Å². The number of rotatable bonds is 6. The number of para-hydroxylation sites is 1. The first-order valence-corrected chi connectivity index (χ1v) is 7.41. The van der Waals surface area contributed by atoms with Crippen LogP contribution in [0.4, 0.5) is 5.69 Å². The summed E-state index contributed by atoms with van der Waals surface area (Å²) in [5.74, 6) is -0.306. The van der Waals surface area contributed by atoms with Crippen LogP contribution >= 0.6 is 0 Å². The lowest BCUT2D eigenvalue weighted by Gasteiger charge is -2.11. The highest BCUT2D eigenvalue weighted by Gasteiger charge is 2.12. The molecule has 2 N–H and O–H groups in total. The third-order valence-electron chi connectivity index (χ3n) is 3.19. The summed E-state index contributed by atoms with van der Waals surface area (Å²) in [6.07, 6.45) is 1.15. The molecule has 22 heavy (non-hydrogen) atoms. The molecule has 0 aliphatic carbocycles. The Labute approximate surface area is 130 Å². The summed E-state index contributed by atoms with van der Waals surface area (Å²) in [6.45, 7) is 2.61. The van der Waals surface area contributed by atoms with E-state index in [9.17, 15) is 9.59 Å². The standard InChI is InChI=1S/C18H20N2O2/c1-2-12-19-18(22)15-10-6-7-11-16(15)20-17(21)13-14-8-4-3-5-9-14/h3-11H,2,12-13H2,1H3,(H,19,22)(H,20,21). The van der Waals surface area contributed by atoms with Crippen molar-refractivity contribution in [3.63, 3.8) is 0 Å². The minimum atomic E-state index is -0.169. The Morgan fingerprint density at radius 3 is 2.36 bits per heavy atom. The highest BCUT2D eigenvalue weighted by atomic mass is 16.2. The molecule has 2 aromatic carbocycles. The van der Waals surface area contributed by atoms with Crippen LogP contribution in [0.5, 0.6) is 0 Å². The van der Waals surface area contributed by atoms with E-state index in [0.717, 1.165) is 12.0 Å². The molecule has 0 bridgehead atoms. The maximum atomic E-state index is 12.1. The van der Waals surface area contributed by atoms with E-state index in [1.807, 2.05) is 37.3 Å². The first kappa shape index (κ1) is 15.8. The smallest absolute Gasteiger partial charge is 0.253 e. The van der Waals surface area contributed by atoms with Gasteiger partial charge in [-0.05, 0) is 24.1 Å². The quantitative estimate of drug-likeness (QED) is 0.861. The molecule has 0 aliphatic heterocycles. The number of anilines is 1. The summed E-state index contributed by atoms with van der Waals surface area (Å²) < 4.78 is 0. The predicted molar refractivity (Wildman–Crippen MR) is 87.8 cm³/mol. The van der Waals surface area contributed by atoms with Crippen LogP contribution in [0.2, 0.25) is 0 Å². The first-order chi connectivity index (χ1) is 10.7. The fourth-order valence-electron chi connectivity index (χ4n) is 2.10. The first-order valence-electron chi connectivity index (χ1n) is 7.41. The maximum Gasteiger partial charge on any atom is 0.253 e. The number of carbonyl (C=O) groups excluding carboxylic acids is 2. The van der Waals surface area contributed by atoms with E-state index in [4.69, 9.17) is 0 Å². The van der Waals surface area contributed by atoms with Gasteiger partial charge in [-0.1, -0.05) is 49.4 Å². The van der Waals surface area contributed by atoms with Crippen LogP contribution in [0.15, 0.2) is 54.6 Å². The molecule has 0 atom stereocenters. The third kappa shape index (κ3) is 4.45. The highest BCUT2D eigenvalue weighted by Crippen LogP contribution is 2.15. The van der Waals surface area contributed by atoms with Gasteiger partial charge in [0.15, 0.2) is 0 Å². The molecule has 0 aromatic heterocycles. The van der Waals surface area contributed by atoms with Crippen molar-refractivity contribution in [1.82, 2.24) is 5.32 Å². The Kier molecular flexibility index (Phi) is 5.72. The van der Waals surface area contributed by atoms with Gasteiger partial charge in [-0.3, -0.25) is 9.59 Å². The molecule has 2 aromatic rings.